The van der Waals surface area contributed by atoms with Crippen molar-refractivity contribution in [1.82, 2.24) is 19.8 Å². The highest BCUT2D eigenvalue weighted by Crippen LogP contribution is 2.31. The summed E-state index contributed by atoms with van der Waals surface area (Å²) in [4.78, 5) is 18.0. The van der Waals surface area contributed by atoms with Crippen LogP contribution >= 0.6 is 0 Å². The fourth-order valence-electron chi connectivity index (χ4n) is 5.96. The monoisotopic (exact) mass is 515 g/mol. The number of fused-ring (bicyclic) bond motifs is 2. The first kappa shape index (κ1) is 26.2. The van der Waals surface area contributed by atoms with Crippen LogP contribution in [0.2, 0.25) is 0 Å². The number of nitrogens with zero attached hydrogens (tertiary/aromatic N) is 6. The zero-order valence-corrected chi connectivity index (χ0v) is 23.4. The molecule has 2 fully saturated rings. The lowest BCUT2D eigenvalue weighted by molar-refractivity contribution is 0.152. The number of amides is 2. The van der Waals surface area contributed by atoms with Crippen LogP contribution < -0.4 is 15.2 Å². The number of carbonyl (C=O) groups excluding carboxylic acids is 1. The number of urea groups is 1. The maximum absolute atomic E-state index is 13.4. The smallest absolute Gasteiger partial charge is 0.308 e. The summed E-state index contributed by atoms with van der Waals surface area (Å²) >= 11 is 0. The Morgan fingerprint density at radius 2 is 1.71 bits per heavy atom. The van der Waals surface area contributed by atoms with E-state index in [0.29, 0.717) is 24.5 Å². The van der Waals surface area contributed by atoms with E-state index < -0.39 is 0 Å². The van der Waals surface area contributed by atoms with Crippen molar-refractivity contribution in [2.75, 3.05) is 41.4 Å². The van der Waals surface area contributed by atoms with E-state index in [1.54, 1.807) is 0 Å². The summed E-state index contributed by atoms with van der Waals surface area (Å²) in [6.45, 7) is 14.2. The second-order valence-electron chi connectivity index (χ2n) is 11.1. The molecule has 38 heavy (non-hydrogen) atoms. The van der Waals surface area contributed by atoms with Gasteiger partial charge in [-0.05, 0) is 75.4 Å². The normalized spacial score (nSPS) is 19.3. The van der Waals surface area contributed by atoms with Crippen LogP contribution in [0, 0.1) is 20.8 Å². The van der Waals surface area contributed by atoms with Crippen molar-refractivity contribution >= 4 is 17.4 Å². The molecule has 1 N–H and O–H groups in total. The molecule has 2 bridgehead atoms. The zero-order valence-electron chi connectivity index (χ0n) is 23.4. The first-order valence-corrected chi connectivity index (χ1v) is 14.0. The largest absolute Gasteiger partial charge is 0.326 e. The molecule has 0 radical (unpaired) electrons. The van der Waals surface area contributed by atoms with Crippen LogP contribution in [0.3, 0.4) is 0 Å². The van der Waals surface area contributed by atoms with Crippen molar-refractivity contribution in [2.45, 2.75) is 71.9 Å². The van der Waals surface area contributed by atoms with E-state index in [0.717, 1.165) is 49.1 Å². The molecule has 2 aliphatic heterocycles. The van der Waals surface area contributed by atoms with Crippen LogP contribution in [0.5, 0.6) is 0 Å². The van der Waals surface area contributed by atoms with Crippen LogP contribution in [0.15, 0.2) is 48.5 Å². The molecule has 3 aromatic rings. The fourth-order valence-corrected chi connectivity index (χ4v) is 5.96. The second kappa shape index (κ2) is 11.2. The van der Waals surface area contributed by atoms with E-state index in [-0.39, 0.29) is 6.03 Å². The van der Waals surface area contributed by atoms with Gasteiger partial charge in [0.15, 0.2) is 5.82 Å². The highest BCUT2D eigenvalue weighted by molar-refractivity contribution is 6.01. The van der Waals surface area contributed by atoms with Crippen LogP contribution in [0.1, 0.15) is 61.8 Å². The van der Waals surface area contributed by atoms with Gasteiger partial charge in [0.2, 0.25) is 0 Å². The Hall–Kier alpha value is -3.39. The summed E-state index contributed by atoms with van der Waals surface area (Å²) in [6.07, 6.45) is 3.36. The predicted molar refractivity (Wildman–Crippen MR) is 154 cm³/mol. The van der Waals surface area contributed by atoms with E-state index in [9.17, 15) is 4.79 Å². The van der Waals surface area contributed by atoms with E-state index in [4.69, 9.17) is 0 Å². The Morgan fingerprint density at radius 3 is 2.37 bits per heavy atom. The first-order chi connectivity index (χ1) is 18.3. The van der Waals surface area contributed by atoms with E-state index in [2.05, 4.69) is 63.9 Å². The second-order valence-corrected chi connectivity index (χ2v) is 11.1. The molecule has 1 aromatic heterocycles. The number of anilines is 2. The minimum absolute atomic E-state index is 0.0865. The zero-order chi connectivity index (χ0) is 26.8. The summed E-state index contributed by atoms with van der Waals surface area (Å²) in [6, 6.07) is 17.0. The van der Waals surface area contributed by atoms with Gasteiger partial charge in [0.05, 0.1) is 13.1 Å². The maximum atomic E-state index is 13.4. The van der Waals surface area contributed by atoms with Gasteiger partial charge in [-0.25, -0.2) is 9.47 Å². The molecule has 2 aromatic carbocycles. The quantitative estimate of drug-likeness (QED) is 0.444. The van der Waals surface area contributed by atoms with Crippen molar-refractivity contribution < 1.29 is 4.79 Å². The summed E-state index contributed by atoms with van der Waals surface area (Å²) < 4.78 is 2.25. The van der Waals surface area contributed by atoms with Crippen molar-refractivity contribution in [3.63, 3.8) is 0 Å². The van der Waals surface area contributed by atoms with E-state index >= 15 is 0 Å². The lowest BCUT2D eigenvalue weighted by Gasteiger charge is -2.43. The average molecular weight is 516 g/mol. The minimum atomic E-state index is -0.0865. The van der Waals surface area contributed by atoms with Gasteiger partial charge in [0, 0.05) is 42.5 Å². The van der Waals surface area contributed by atoms with Gasteiger partial charge in [0.25, 0.3) is 0 Å². The number of hydrogen-bond donors (Lipinski definition) is 1. The van der Waals surface area contributed by atoms with Crippen LogP contribution in [0.25, 0.3) is 0 Å². The molecule has 2 atom stereocenters. The van der Waals surface area contributed by atoms with Crippen molar-refractivity contribution in [2.24, 2.45) is 0 Å². The molecule has 202 valence electrons. The number of benzene rings is 2. The molecule has 2 amide bonds. The molecule has 0 spiro atoms. The Kier molecular flexibility index (Phi) is 7.70. The third kappa shape index (κ3) is 5.41. The Morgan fingerprint density at radius 1 is 1.00 bits per heavy atom. The lowest BCUT2D eigenvalue weighted by Crippen LogP contribution is -2.58. The molecular formula is C30H41N7O. The van der Waals surface area contributed by atoms with Crippen molar-refractivity contribution in [1.29, 1.82) is 0 Å². The molecule has 0 saturated carbocycles. The number of aryl methyl sites for hydroxylation is 3. The highest BCUT2D eigenvalue weighted by Gasteiger charge is 2.40. The molecular weight excluding hydrogens is 474 g/mol. The van der Waals surface area contributed by atoms with Crippen LogP contribution in [0.4, 0.5) is 16.2 Å². The number of aromatic nitrogens is 3. The molecule has 5 rings (SSSR count). The number of hydrogen-bond acceptors (Lipinski definition) is 5. The summed E-state index contributed by atoms with van der Waals surface area (Å²) in [5.41, 5.74) is 4.15. The van der Waals surface area contributed by atoms with Gasteiger partial charge in [-0.3, -0.25) is 9.80 Å². The maximum Gasteiger partial charge on any atom is 0.326 e. The predicted octanol–water partition coefficient (Wildman–Crippen LogP) is 5.24. The molecule has 2 aliphatic rings. The van der Waals surface area contributed by atoms with Crippen molar-refractivity contribution in [3.8, 4) is 0 Å². The lowest BCUT2D eigenvalue weighted by atomic mass is 10.1. The minimum Gasteiger partial charge on any atom is -0.308 e. The average Bonchev–Trinajstić information content (AvgIpc) is 3.39. The number of carbonyl (C=O) groups is 1. The van der Waals surface area contributed by atoms with Gasteiger partial charge in [-0.15, -0.1) is 10.2 Å². The number of nitrogens with one attached hydrogen (secondary N) is 1. The SMILES string of the molecule is Cc1ccc(NC(=O)N(CCCN2[C@@H]3CC[C@@H]2CN(n2c(C)nnc2C(C)C)C3)c2ccccc2)cc1C. The Bertz CT molecular complexity index is 1240. The van der Waals surface area contributed by atoms with Crippen LogP contribution in [-0.4, -0.2) is 64.1 Å². The molecule has 0 aliphatic carbocycles. The summed E-state index contributed by atoms with van der Waals surface area (Å²) in [5, 5.41) is 14.4. The van der Waals surface area contributed by atoms with Crippen molar-refractivity contribution in [3.05, 3.63) is 71.3 Å². The van der Waals surface area contributed by atoms with Gasteiger partial charge in [0.1, 0.15) is 5.82 Å². The van der Waals surface area contributed by atoms with Crippen LogP contribution in [-0.2, 0) is 0 Å². The Labute approximate surface area is 226 Å². The highest BCUT2D eigenvalue weighted by atomic mass is 16.2. The van der Waals surface area contributed by atoms with Gasteiger partial charge in [-0.2, -0.15) is 0 Å². The molecule has 8 nitrogen and oxygen atoms in total. The number of piperazine rings is 1. The van der Waals surface area contributed by atoms with E-state index in [1.165, 1.54) is 24.0 Å². The summed E-state index contributed by atoms with van der Waals surface area (Å²) in [7, 11) is 0. The third-order valence-electron chi connectivity index (χ3n) is 8.10. The first-order valence-electron chi connectivity index (χ1n) is 14.0. The number of rotatable bonds is 8. The van der Waals surface area contributed by atoms with Gasteiger partial charge >= 0.3 is 6.03 Å². The fraction of sp³-hybridized carbons (Fsp3) is 0.500. The summed E-state index contributed by atoms with van der Waals surface area (Å²) in [5.74, 6) is 2.35. The Balaban J connectivity index is 1.23. The molecule has 3 heterocycles. The molecule has 8 heteroatoms. The molecule has 2 saturated heterocycles. The topological polar surface area (TPSA) is 69.5 Å². The number of para-hydroxylation sites is 1. The third-order valence-corrected chi connectivity index (χ3v) is 8.10. The molecule has 0 unspecified atom stereocenters. The van der Waals surface area contributed by atoms with Gasteiger partial charge < -0.3 is 10.3 Å². The standard InChI is InChI=1S/C30H41N7O/c1-21(2)29-33-32-24(5)37(29)34-19-27-14-15-28(20-34)35(27)16-9-17-36(26-10-7-6-8-11-26)30(38)31-25-13-12-22(3)23(4)18-25/h6-8,10-13,18,21,27-28H,9,14-17,19-20H2,1-5H3,(H,31,38)/t27-,28-/m1/s1. The van der Waals surface area contributed by atoms with Gasteiger partial charge in [-0.1, -0.05) is 38.1 Å². The van der Waals surface area contributed by atoms with E-state index in [1.807, 2.05) is 54.3 Å².